The second kappa shape index (κ2) is 20.4. The fourth-order valence-electron chi connectivity index (χ4n) is 2.73. The van der Waals surface area contributed by atoms with Crippen molar-refractivity contribution in [1.29, 1.82) is 0 Å². The first-order valence-electron chi connectivity index (χ1n) is 10.7. The van der Waals surface area contributed by atoms with Crippen LogP contribution in [0.2, 0.25) is 0 Å². The van der Waals surface area contributed by atoms with E-state index in [-0.39, 0.29) is 37.4 Å². The monoisotopic (exact) mass is 427 g/mol. The number of allylic oxidation sites excluding steroid dienone is 2. The van der Waals surface area contributed by atoms with Crippen molar-refractivity contribution in [2.24, 2.45) is 0 Å². The molecule has 0 radical (unpaired) electrons. The van der Waals surface area contributed by atoms with Gasteiger partial charge in [0.2, 0.25) is 0 Å². The third-order valence-electron chi connectivity index (χ3n) is 4.69. The molecule has 0 aliphatic carbocycles. The van der Waals surface area contributed by atoms with E-state index in [9.17, 15) is 13.2 Å². The molecule has 0 aromatic rings. The van der Waals surface area contributed by atoms with Crippen molar-refractivity contribution in [3.63, 3.8) is 0 Å². The van der Waals surface area contributed by atoms with Gasteiger partial charge in [0.05, 0.1) is 0 Å². The summed E-state index contributed by atoms with van der Waals surface area (Å²) in [4.78, 5) is 11.6. The Morgan fingerprint density at radius 2 is 1.39 bits per heavy atom. The average molecular weight is 428 g/mol. The van der Waals surface area contributed by atoms with Gasteiger partial charge in [0.15, 0.2) is 0 Å². The average Bonchev–Trinajstić information content (AvgIpc) is 2.63. The number of hydrogen-bond acceptors (Lipinski definition) is 5. The standard InChI is InChI=1S/C21H41NO4S.Na.H/c1-4-5-6-7-8-9-10-11-12-13-14-15-16-17-18-19-21(23)26-27(24,25)20(2)22-3;;/h11-12,20,22H,4-10,13-19H2,1-3H3;;/q;+1;-1/b12-11-;;. The second-order valence-electron chi connectivity index (χ2n) is 7.21. The molecule has 1 unspecified atom stereocenters. The summed E-state index contributed by atoms with van der Waals surface area (Å²) in [5.74, 6) is -0.658. The van der Waals surface area contributed by atoms with Gasteiger partial charge >= 0.3 is 45.6 Å². The van der Waals surface area contributed by atoms with Crippen LogP contribution in [0.25, 0.3) is 0 Å². The molecule has 1 atom stereocenters. The van der Waals surface area contributed by atoms with Gasteiger partial charge in [-0.3, -0.25) is 4.79 Å². The largest absolute Gasteiger partial charge is 1.00 e. The van der Waals surface area contributed by atoms with E-state index in [4.69, 9.17) is 0 Å². The second-order valence-corrected chi connectivity index (χ2v) is 9.07. The van der Waals surface area contributed by atoms with E-state index < -0.39 is 21.5 Å². The maximum Gasteiger partial charge on any atom is 1.00 e. The molecule has 0 saturated heterocycles. The Morgan fingerprint density at radius 3 is 1.89 bits per heavy atom. The molecule has 28 heavy (non-hydrogen) atoms. The van der Waals surface area contributed by atoms with Crippen LogP contribution < -0.4 is 34.9 Å². The smallest absolute Gasteiger partial charge is 1.00 e. The van der Waals surface area contributed by atoms with Crippen molar-refractivity contribution in [3.8, 4) is 0 Å². The van der Waals surface area contributed by atoms with Crippen LogP contribution in [0.4, 0.5) is 0 Å². The molecule has 0 amide bonds. The summed E-state index contributed by atoms with van der Waals surface area (Å²) >= 11 is 0. The topological polar surface area (TPSA) is 72.5 Å². The van der Waals surface area contributed by atoms with Crippen LogP contribution >= 0.6 is 0 Å². The molecule has 1 N–H and O–H groups in total. The van der Waals surface area contributed by atoms with E-state index >= 15 is 0 Å². The quantitative estimate of drug-likeness (QED) is 0.158. The van der Waals surface area contributed by atoms with E-state index in [0.29, 0.717) is 6.42 Å². The van der Waals surface area contributed by atoms with Crippen LogP contribution in [-0.2, 0) is 19.1 Å². The molecule has 5 nitrogen and oxygen atoms in total. The Hall–Kier alpha value is 0.120. The summed E-state index contributed by atoms with van der Waals surface area (Å²) in [7, 11) is -2.33. The number of nitrogens with one attached hydrogen (secondary N) is 1. The molecule has 0 bridgehead atoms. The molecule has 0 spiro atoms. The SMILES string of the molecule is CCCCCCCC/C=C\CCCCCCCC(=O)OS(=O)(=O)C(C)NC.[H-].[Na+]. The minimum atomic E-state index is -3.85. The van der Waals surface area contributed by atoms with Gasteiger partial charge in [-0.2, -0.15) is 8.42 Å². The Kier molecular flexibility index (Phi) is 22.1. The maximum absolute atomic E-state index is 11.6. The molecule has 0 saturated carbocycles. The van der Waals surface area contributed by atoms with Crippen LogP contribution in [-0.4, -0.2) is 26.8 Å². The Labute approximate surface area is 197 Å². The summed E-state index contributed by atoms with van der Waals surface area (Å²) < 4.78 is 27.8. The van der Waals surface area contributed by atoms with Crippen molar-refractivity contribution >= 4 is 16.1 Å². The van der Waals surface area contributed by atoms with Crippen molar-refractivity contribution in [2.75, 3.05) is 7.05 Å². The first-order valence-corrected chi connectivity index (χ1v) is 12.2. The van der Waals surface area contributed by atoms with Crippen LogP contribution in [0.3, 0.4) is 0 Å². The Morgan fingerprint density at radius 1 is 0.929 bits per heavy atom. The molecular formula is C21H42NNaO4S. The number of hydrogen-bond donors (Lipinski definition) is 1. The third-order valence-corrected chi connectivity index (χ3v) is 6.21. The number of carbonyl (C=O) groups excluding carboxylic acids is 1. The van der Waals surface area contributed by atoms with E-state index in [1.165, 1.54) is 65.3 Å². The molecule has 7 heteroatoms. The van der Waals surface area contributed by atoms with E-state index in [0.717, 1.165) is 25.7 Å². The summed E-state index contributed by atoms with van der Waals surface area (Å²) in [6, 6.07) is 0. The van der Waals surface area contributed by atoms with Crippen LogP contribution in [0, 0.1) is 0 Å². The summed E-state index contributed by atoms with van der Waals surface area (Å²) in [5, 5.41) is 1.68. The van der Waals surface area contributed by atoms with Gasteiger partial charge in [-0.05, 0) is 46.1 Å². The van der Waals surface area contributed by atoms with Crippen molar-refractivity contribution in [2.45, 2.75) is 109 Å². The van der Waals surface area contributed by atoms with Gasteiger partial charge in [0.25, 0.3) is 0 Å². The first-order chi connectivity index (χ1) is 12.9. The molecule has 0 aliphatic heterocycles. The van der Waals surface area contributed by atoms with E-state index in [2.05, 4.69) is 28.6 Å². The van der Waals surface area contributed by atoms with Gasteiger partial charge in [-0.1, -0.05) is 70.4 Å². The fourth-order valence-corrected chi connectivity index (χ4v) is 3.50. The van der Waals surface area contributed by atoms with Crippen LogP contribution in [0.1, 0.15) is 105 Å². The zero-order valence-corrected chi connectivity index (χ0v) is 21.5. The zero-order valence-electron chi connectivity index (χ0n) is 19.7. The van der Waals surface area contributed by atoms with Crippen molar-refractivity contribution in [3.05, 3.63) is 12.2 Å². The van der Waals surface area contributed by atoms with E-state index in [1.807, 2.05) is 0 Å². The molecular weight excluding hydrogens is 385 g/mol. The van der Waals surface area contributed by atoms with Crippen LogP contribution in [0.15, 0.2) is 12.2 Å². The molecule has 0 aromatic heterocycles. The number of rotatable bonds is 18. The molecule has 162 valence electrons. The summed E-state index contributed by atoms with van der Waals surface area (Å²) in [6.45, 7) is 3.70. The van der Waals surface area contributed by atoms with Gasteiger partial charge in [0, 0.05) is 6.42 Å². The predicted octanol–water partition coefficient (Wildman–Crippen LogP) is 2.58. The summed E-state index contributed by atoms with van der Waals surface area (Å²) in [5.41, 5.74) is 0. The first kappa shape index (κ1) is 30.3. The van der Waals surface area contributed by atoms with Gasteiger partial charge in [-0.15, -0.1) is 0 Å². The Bertz CT molecular complexity index is 501. The molecule has 0 fully saturated rings. The minimum absolute atomic E-state index is 0. The zero-order chi connectivity index (χ0) is 20.4. The normalized spacial score (nSPS) is 12.7. The van der Waals surface area contributed by atoms with Crippen molar-refractivity contribution in [1.82, 2.24) is 5.32 Å². The molecule has 0 aliphatic rings. The van der Waals surface area contributed by atoms with Gasteiger partial charge in [-0.25, -0.2) is 0 Å². The Balaban J connectivity index is -0.00000338. The van der Waals surface area contributed by atoms with Crippen molar-refractivity contribution < 1.29 is 48.4 Å². The van der Waals surface area contributed by atoms with Crippen LogP contribution in [0.5, 0.6) is 0 Å². The van der Waals surface area contributed by atoms with E-state index in [1.54, 1.807) is 0 Å². The third kappa shape index (κ3) is 18.2. The number of carbonyl (C=O) groups is 1. The molecule has 0 rings (SSSR count). The maximum atomic E-state index is 11.6. The fraction of sp³-hybridized carbons (Fsp3) is 0.857. The molecule has 0 heterocycles. The van der Waals surface area contributed by atoms with Gasteiger partial charge < -0.3 is 10.9 Å². The predicted molar refractivity (Wildman–Crippen MR) is 114 cm³/mol. The molecule has 0 aromatic carbocycles. The minimum Gasteiger partial charge on any atom is -1.00 e. The number of unbranched alkanes of at least 4 members (excludes halogenated alkanes) is 11. The summed E-state index contributed by atoms with van der Waals surface area (Å²) in [6.07, 6.45) is 20.1. The van der Waals surface area contributed by atoms with Gasteiger partial charge in [0.1, 0.15) is 5.37 Å².